The first-order valence-corrected chi connectivity index (χ1v) is 7.05. The maximum absolute atomic E-state index is 12.6. The average Bonchev–Trinajstić information content (AvgIpc) is 2.45. The van der Waals surface area contributed by atoms with Crippen molar-refractivity contribution in [1.29, 1.82) is 5.26 Å². The van der Waals surface area contributed by atoms with Crippen LogP contribution in [0.3, 0.4) is 0 Å². The van der Waals surface area contributed by atoms with Crippen molar-refractivity contribution in [1.82, 2.24) is 0 Å². The molecule has 0 N–H and O–H groups in total. The third kappa shape index (κ3) is 3.68. The molecule has 0 spiro atoms. The van der Waals surface area contributed by atoms with Crippen LogP contribution in [0.25, 0.3) is 0 Å². The number of carbonyl (C=O) groups excluding carboxylic acids is 1. The number of nitriles is 1. The lowest BCUT2D eigenvalue weighted by Crippen LogP contribution is -2.31. The van der Waals surface area contributed by atoms with Crippen LogP contribution in [0.4, 0.5) is 5.69 Å². The van der Waals surface area contributed by atoms with E-state index >= 15 is 0 Å². The highest BCUT2D eigenvalue weighted by Gasteiger charge is 2.20. The van der Waals surface area contributed by atoms with Gasteiger partial charge in [-0.25, -0.2) is 0 Å². The minimum atomic E-state index is -0.375. The van der Waals surface area contributed by atoms with Crippen molar-refractivity contribution in [3.8, 4) is 6.07 Å². The topological polar surface area (TPSA) is 44.1 Å². The fraction of sp³-hybridized carbons (Fsp3) is 0.0667. The second-order valence-electron chi connectivity index (χ2n) is 4.15. The summed E-state index contributed by atoms with van der Waals surface area (Å²) >= 11 is 17.7. The van der Waals surface area contributed by atoms with Gasteiger partial charge in [0.1, 0.15) is 6.54 Å². The van der Waals surface area contributed by atoms with Crippen molar-refractivity contribution in [3.05, 3.63) is 63.1 Å². The van der Waals surface area contributed by atoms with E-state index in [1.54, 1.807) is 30.3 Å². The SMILES string of the molecule is N#CCN(C(=O)c1ccc(Cl)cc1Cl)c1ccc(Cl)cc1. The molecule has 0 saturated heterocycles. The highest BCUT2D eigenvalue weighted by molar-refractivity contribution is 6.37. The number of halogens is 3. The lowest BCUT2D eigenvalue weighted by molar-refractivity contribution is 0.0990. The zero-order chi connectivity index (χ0) is 15.4. The molecule has 106 valence electrons. The summed E-state index contributed by atoms with van der Waals surface area (Å²) in [6.07, 6.45) is 0. The molecule has 0 aromatic heterocycles. The van der Waals surface area contributed by atoms with Crippen LogP contribution in [0.2, 0.25) is 15.1 Å². The van der Waals surface area contributed by atoms with Crippen molar-refractivity contribution in [2.24, 2.45) is 0 Å². The highest BCUT2D eigenvalue weighted by atomic mass is 35.5. The Bertz CT molecular complexity index is 708. The second-order valence-corrected chi connectivity index (χ2v) is 5.43. The maximum Gasteiger partial charge on any atom is 0.260 e. The van der Waals surface area contributed by atoms with E-state index < -0.39 is 0 Å². The van der Waals surface area contributed by atoms with Gasteiger partial charge in [0.2, 0.25) is 0 Å². The molecule has 21 heavy (non-hydrogen) atoms. The van der Waals surface area contributed by atoms with Crippen molar-refractivity contribution >= 4 is 46.4 Å². The summed E-state index contributed by atoms with van der Waals surface area (Å²) in [4.78, 5) is 13.9. The Morgan fingerprint density at radius 1 is 1.05 bits per heavy atom. The van der Waals surface area contributed by atoms with E-state index in [1.165, 1.54) is 17.0 Å². The van der Waals surface area contributed by atoms with E-state index in [2.05, 4.69) is 0 Å². The van der Waals surface area contributed by atoms with Crippen molar-refractivity contribution in [2.75, 3.05) is 11.4 Å². The van der Waals surface area contributed by atoms with E-state index in [4.69, 9.17) is 40.1 Å². The van der Waals surface area contributed by atoms with Gasteiger partial charge in [-0.2, -0.15) is 5.26 Å². The molecule has 0 aliphatic rings. The van der Waals surface area contributed by atoms with Gasteiger partial charge in [-0.1, -0.05) is 34.8 Å². The third-order valence-electron chi connectivity index (χ3n) is 2.77. The standard InChI is InChI=1S/C15H9Cl3N2O/c16-10-1-4-12(5-2-10)20(8-7-19)15(21)13-6-3-11(17)9-14(13)18/h1-6,9H,8H2. The van der Waals surface area contributed by atoms with Crippen molar-refractivity contribution < 1.29 is 4.79 Å². The van der Waals surface area contributed by atoms with Crippen LogP contribution in [0.5, 0.6) is 0 Å². The minimum Gasteiger partial charge on any atom is -0.295 e. The molecular formula is C15H9Cl3N2O. The number of anilines is 1. The Morgan fingerprint density at radius 2 is 1.67 bits per heavy atom. The number of amides is 1. The Morgan fingerprint density at radius 3 is 2.24 bits per heavy atom. The monoisotopic (exact) mass is 338 g/mol. The lowest BCUT2D eigenvalue weighted by Gasteiger charge is -2.20. The minimum absolute atomic E-state index is 0.0978. The average molecular weight is 340 g/mol. The summed E-state index contributed by atoms with van der Waals surface area (Å²) < 4.78 is 0. The van der Waals surface area contributed by atoms with Gasteiger partial charge in [-0.05, 0) is 42.5 Å². The highest BCUT2D eigenvalue weighted by Crippen LogP contribution is 2.25. The van der Waals surface area contributed by atoms with E-state index in [0.29, 0.717) is 15.7 Å². The fourth-order valence-electron chi connectivity index (χ4n) is 1.78. The smallest absolute Gasteiger partial charge is 0.260 e. The Balaban J connectivity index is 2.40. The Labute approximate surface area is 137 Å². The van der Waals surface area contributed by atoms with E-state index in [1.807, 2.05) is 6.07 Å². The lowest BCUT2D eigenvalue weighted by atomic mass is 10.1. The second kappa shape index (κ2) is 6.82. The third-order valence-corrected chi connectivity index (χ3v) is 3.57. The number of nitrogens with zero attached hydrogens (tertiary/aromatic N) is 2. The summed E-state index contributed by atoms with van der Waals surface area (Å²) in [6, 6.07) is 13.2. The molecular weight excluding hydrogens is 331 g/mol. The Kier molecular flexibility index (Phi) is 5.08. The number of hydrogen-bond donors (Lipinski definition) is 0. The molecule has 0 saturated carbocycles. The summed E-state index contributed by atoms with van der Waals surface area (Å²) in [7, 11) is 0. The van der Waals surface area contributed by atoms with Crippen LogP contribution in [0, 0.1) is 11.3 Å². The summed E-state index contributed by atoms with van der Waals surface area (Å²) in [5, 5.41) is 10.2. The van der Waals surface area contributed by atoms with Gasteiger partial charge in [0.05, 0.1) is 16.7 Å². The molecule has 0 aliphatic carbocycles. The number of carbonyl (C=O) groups is 1. The predicted octanol–water partition coefficient (Wildman–Crippen LogP) is 4.82. The van der Waals surface area contributed by atoms with E-state index in [9.17, 15) is 4.79 Å². The molecule has 0 radical (unpaired) electrons. The zero-order valence-corrected chi connectivity index (χ0v) is 13.0. The van der Waals surface area contributed by atoms with Gasteiger partial charge >= 0.3 is 0 Å². The molecule has 0 heterocycles. The molecule has 3 nitrogen and oxygen atoms in total. The zero-order valence-electron chi connectivity index (χ0n) is 10.7. The first kappa shape index (κ1) is 15.7. The van der Waals surface area contributed by atoms with Crippen LogP contribution in [-0.2, 0) is 0 Å². The van der Waals surface area contributed by atoms with Gasteiger partial charge in [0, 0.05) is 15.7 Å². The first-order chi connectivity index (χ1) is 10.0. The van der Waals surface area contributed by atoms with Crippen LogP contribution >= 0.6 is 34.8 Å². The molecule has 0 bridgehead atoms. The molecule has 2 aromatic rings. The first-order valence-electron chi connectivity index (χ1n) is 5.92. The Hall–Kier alpha value is -1.73. The molecule has 0 aliphatic heterocycles. The summed E-state index contributed by atoms with van der Waals surface area (Å²) in [5.41, 5.74) is 0.850. The number of hydrogen-bond acceptors (Lipinski definition) is 2. The molecule has 0 unspecified atom stereocenters. The number of benzene rings is 2. The maximum atomic E-state index is 12.6. The quantitative estimate of drug-likeness (QED) is 0.753. The van der Waals surface area contributed by atoms with Gasteiger partial charge < -0.3 is 0 Å². The molecule has 6 heteroatoms. The molecule has 0 fully saturated rings. The van der Waals surface area contributed by atoms with Gasteiger partial charge in [-0.15, -0.1) is 0 Å². The fourth-order valence-corrected chi connectivity index (χ4v) is 2.40. The van der Waals surface area contributed by atoms with Gasteiger partial charge in [-0.3, -0.25) is 9.69 Å². The predicted molar refractivity (Wildman–Crippen MR) is 85.2 cm³/mol. The van der Waals surface area contributed by atoms with E-state index in [-0.39, 0.29) is 23.0 Å². The molecule has 2 rings (SSSR count). The van der Waals surface area contributed by atoms with Crippen molar-refractivity contribution in [3.63, 3.8) is 0 Å². The largest absolute Gasteiger partial charge is 0.295 e. The normalized spacial score (nSPS) is 10.0. The van der Waals surface area contributed by atoms with E-state index in [0.717, 1.165) is 0 Å². The van der Waals surface area contributed by atoms with Crippen LogP contribution in [0.15, 0.2) is 42.5 Å². The van der Waals surface area contributed by atoms with Crippen LogP contribution in [-0.4, -0.2) is 12.5 Å². The van der Waals surface area contributed by atoms with Crippen LogP contribution < -0.4 is 4.90 Å². The van der Waals surface area contributed by atoms with Crippen molar-refractivity contribution in [2.45, 2.75) is 0 Å². The summed E-state index contributed by atoms with van der Waals surface area (Å²) in [6.45, 7) is -0.0978. The molecule has 2 aromatic carbocycles. The molecule has 1 amide bonds. The molecule has 0 atom stereocenters. The van der Waals surface area contributed by atoms with Gasteiger partial charge in [0.15, 0.2) is 0 Å². The van der Waals surface area contributed by atoms with Gasteiger partial charge in [0.25, 0.3) is 5.91 Å². The van der Waals surface area contributed by atoms with Crippen LogP contribution in [0.1, 0.15) is 10.4 Å². The number of rotatable bonds is 3. The summed E-state index contributed by atoms with van der Waals surface area (Å²) in [5.74, 6) is -0.375.